The van der Waals surface area contributed by atoms with Crippen LogP contribution in [0.25, 0.3) is 22.4 Å². The van der Waals surface area contributed by atoms with Crippen molar-refractivity contribution in [1.29, 1.82) is 0 Å². The highest BCUT2D eigenvalue weighted by atomic mass is 79.9. The van der Waals surface area contributed by atoms with Crippen molar-refractivity contribution in [3.8, 4) is 22.4 Å². The van der Waals surface area contributed by atoms with E-state index in [1.54, 1.807) is 10.9 Å². The first-order chi connectivity index (χ1) is 9.15. The van der Waals surface area contributed by atoms with Crippen molar-refractivity contribution in [2.24, 2.45) is 7.05 Å². The molecule has 0 unspecified atom stereocenters. The quantitative estimate of drug-likeness (QED) is 0.763. The van der Waals surface area contributed by atoms with Gasteiger partial charge in [-0.3, -0.25) is 9.78 Å². The minimum Gasteiger partial charge on any atom is -0.382 e. The number of nitrogens with zero attached hydrogens (tertiary/aromatic N) is 3. The first-order valence-corrected chi connectivity index (χ1v) is 6.53. The van der Waals surface area contributed by atoms with Crippen LogP contribution in [0.5, 0.6) is 0 Å². The van der Waals surface area contributed by atoms with Gasteiger partial charge in [0.1, 0.15) is 0 Å². The molecule has 2 aromatic heterocycles. The van der Waals surface area contributed by atoms with Crippen LogP contribution in [0.4, 0.5) is 5.82 Å². The van der Waals surface area contributed by atoms with Crippen LogP contribution in [0.1, 0.15) is 0 Å². The average molecular weight is 318 g/mol. The highest BCUT2D eigenvalue weighted by Crippen LogP contribution is 2.35. The van der Waals surface area contributed by atoms with Crippen LogP contribution in [0.2, 0.25) is 0 Å². The third-order valence-corrected chi connectivity index (χ3v) is 3.39. The zero-order valence-electron chi connectivity index (χ0n) is 10.3. The van der Waals surface area contributed by atoms with E-state index < -0.39 is 0 Å². The van der Waals surface area contributed by atoms with Crippen molar-refractivity contribution in [2.75, 3.05) is 5.73 Å². The van der Waals surface area contributed by atoms with E-state index in [1.165, 1.54) is 0 Å². The Morgan fingerprint density at radius 1 is 1.32 bits per heavy atom. The van der Waals surface area contributed by atoms with Gasteiger partial charge < -0.3 is 5.73 Å². The van der Waals surface area contributed by atoms with Crippen LogP contribution in [0.3, 0.4) is 0 Å². The van der Waals surface area contributed by atoms with Crippen molar-refractivity contribution >= 4 is 21.7 Å². The molecule has 0 amide bonds. The maximum atomic E-state index is 5.98. The summed E-state index contributed by atoms with van der Waals surface area (Å²) >= 11 is 3.47. The zero-order valence-corrected chi connectivity index (χ0v) is 11.8. The number of H-pyrrole nitrogens is 1. The molecule has 0 radical (unpaired) electrons. The maximum absolute atomic E-state index is 5.98. The molecular weight excluding hydrogens is 306 g/mol. The van der Waals surface area contributed by atoms with Crippen LogP contribution in [0.15, 0.2) is 41.1 Å². The number of aryl methyl sites for hydroxylation is 1. The SMILES string of the molecule is Cn1cc(-c2[nH]nc(N)c2-c2cccc(Br)c2)cn1. The summed E-state index contributed by atoms with van der Waals surface area (Å²) in [7, 11) is 1.88. The lowest BCUT2D eigenvalue weighted by Gasteiger charge is -2.03. The highest BCUT2D eigenvalue weighted by Gasteiger charge is 2.15. The van der Waals surface area contributed by atoms with Crippen LogP contribution >= 0.6 is 15.9 Å². The minimum atomic E-state index is 0.483. The molecule has 0 fully saturated rings. The smallest absolute Gasteiger partial charge is 0.153 e. The molecule has 0 aliphatic heterocycles. The second-order valence-electron chi connectivity index (χ2n) is 4.27. The van der Waals surface area contributed by atoms with Crippen molar-refractivity contribution in [2.45, 2.75) is 0 Å². The van der Waals surface area contributed by atoms with Crippen molar-refractivity contribution in [1.82, 2.24) is 20.0 Å². The Morgan fingerprint density at radius 2 is 2.16 bits per heavy atom. The van der Waals surface area contributed by atoms with Gasteiger partial charge in [-0.25, -0.2) is 0 Å². The summed E-state index contributed by atoms with van der Waals surface area (Å²) in [6.07, 6.45) is 3.71. The summed E-state index contributed by atoms with van der Waals surface area (Å²) < 4.78 is 2.75. The Labute approximate surface area is 118 Å². The molecule has 0 saturated heterocycles. The molecule has 1 aromatic carbocycles. The van der Waals surface area contributed by atoms with Gasteiger partial charge in [0.25, 0.3) is 0 Å². The van der Waals surface area contributed by atoms with E-state index in [0.29, 0.717) is 5.82 Å². The Hall–Kier alpha value is -2.08. The van der Waals surface area contributed by atoms with Crippen LogP contribution in [-0.2, 0) is 7.05 Å². The van der Waals surface area contributed by atoms with Crippen LogP contribution in [0, 0.1) is 0 Å². The lowest BCUT2D eigenvalue weighted by atomic mass is 10.0. The predicted octanol–water partition coefficient (Wildman–Crippen LogP) is 2.82. The van der Waals surface area contributed by atoms with Gasteiger partial charge >= 0.3 is 0 Å². The van der Waals surface area contributed by atoms with E-state index in [0.717, 1.165) is 26.9 Å². The Kier molecular flexibility index (Phi) is 2.87. The van der Waals surface area contributed by atoms with E-state index in [4.69, 9.17) is 5.73 Å². The number of aromatic nitrogens is 4. The van der Waals surface area contributed by atoms with Crippen molar-refractivity contribution in [3.63, 3.8) is 0 Å². The molecule has 0 atom stereocenters. The van der Waals surface area contributed by atoms with Gasteiger partial charge in [0, 0.05) is 23.3 Å². The number of nitrogens with two attached hydrogens (primary N) is 1. The molecule has 0 aliphatic carbocycles. The molecule has 0 spiro atoms. The molecule has 5 nitrogen and oxygen atoms in total. The second-order valence-corrected chi connectivity index (χ2v) is 5.19. The fourth-order valence-electron chi connectivity index (χ4n) is 2.05. The number of rotatable bonds is 2. The number of aromatic amines is 1. The van der Waals surface area contributed by atoms with E-state index in [1.807, 2.05) is 37.5 Å². The van der Waals surface area contributed by atoms with Gasteiger partial charge in [-0.1, -0.05) is 28.1 Å². The summed E-state index contributed by atoms with van der Waals surface area (Å²) in [5.41, 5.74) is 9.73. The predicted molar refractivity (Wildman–Crippen MR) is 78.3 cm³/mol. The zero-order chi connectivity index (χ0) is 13.4. The summed E-state index contributed by atoms with van der Waals surface area (Å²) in [5.74, 6) is 0.483. The number of halogens is 1. The monoisotopic (exact) mass is 317 g/mol. The first kappa shape index (κ1) is 12.0. The molecule has 2 heterocycles. The molecule has 96 valence electrons. The number of nitrogens with one attached hydrogen (secondary N) is 1. The number of nitrogen functional groups attached to an aromatic ring is 1. The molecular formula is C13H12BrN5. The summed E-state index contributed by atoms with van der Waals surface area (Å²) in [6, 6.07) is 7.97. The minimum absolute atomic E-state index is 0.483. The Morgan fingerprint density at radius 3 is 2.84 bits per heavy atom. The molecule has 0 saturated carbocycles. The topological polar surface area (TPSA) is 72.5 Å². The summed E-state index contributed by atoms with van der Waals surface area (Å²) in [5, 5.41) is 11.3. The third kappa shape index (κ3) is 2.15. The molecule has 0 aliphatic rings. The van der Waals surface area contributed by atoms with Gasteiger partial charge in [0.15, 0.2) is 5.82 Å². The van der Waals surface area contributed by atoms with Gasteiger partial charge in [0.05, 0.1) is 17.5 Å². The highest BCUT2D eigenvalue weighted by molar-refractivity contribution is 9.10. The normalized spacial score (nSPS) is 10.8. The fourth-order valence-corrected chi connectivity index (χ4v) is 2.45. The lowest BCUT2D eigenvalue weighted by Crippen LogP contribution is -1.88. The Balaban J connectivity index is 2.19. The molecule has 0 bridgehead atoms. The third-order valence-electron chi connectivity index (χ3n) is 2.90. The lowest BCUT2D eigenvalue weighted by molar-refractivity contribution is 0.768. The number of anilines is 1. The fraction of sp³-hybridized carbons (Fsp3) is 0.0769. The van der Waals surface area contributed by atoms with E-state index >= 15 is 0 Å². The summed E-state index contributed by atoms with van der Waals surface area (Å²) in [4.78, 5) is 0. The summed E-state index contributed by atoms with van der Waals surface area (Å²) in [6.45, 7) is 0. The molecule has 3 N–H and O–H groups in total. The first-order valence-electron chi connectivity index (χ1n) is 5.74. The maximum Gasteiger partial charge on any atom is 0.153 e. The van der Waals surface area contributed by atoms with Crippen molar-refractivity contribution in [3.05, 3.63) is 41.1 Å². The molecule has 19 heavy (non-hydrogen) atoms. The van der Waals surface area contributed by atoms with Gasteiger partial charge in [-0.15, -0.1) is 0 Å². The molecule has 3 rings (SSSR count). The second kappa shape index (κ2) is 4.55. The van der Waals surface area contributed by atoms with Crippen molar-refractivity contribution < 1.29 is 0 Å². The standard InChI is InChI=1S/C13H12BrN5/c1-19-7-9(6-16-19)12-11(13(15)18-17-12)8-3-2-4-10(14)5-8/h2-7H,1H3,(H3,15,17,18). The van der Waals surface area contributed by atoms with Crippen LogP contribution in [-0.4, -0.2) is 20.0 Å². The number of hydrogen-bond acceptors (Lipinski definition) is 3. The van der Waals surface area contributed by atoms with E-state index in [2.05, 4.69) is 31.2 Å². The molecule has 6 heteroatoms. The Bertz CT molecular complexity index is 728. The average Bonchev–Trinajstić information content (AvgIpc) is 2.95. The van der Waals surface area contributed by atoms with Gasteiger partial charge in [0.2, 0.25) is 0 Å². The number of benzene rings is 1. The van der Waals surface area contributed by atoms with Crippen LogP contribution < -0.4 is 5.73 Å². The van der Waals surface area contributed by atoms with Gasteiger partial charge in [-0.2, -0.15) is 10.2 Å². The number of hydrogen-bond donors (Lipinski definition) is 2. The van der Waals surface area contributed by atoms with E-state index in [9.17, 15) is 0 Å². The van der Waals surface area contributed by atoms with E-state index in [-0.39, 0.29) is 0 Å². The van der Waals surface area contributed by atoms with Gasteiger partial charge in [-0.05, 0) is 17.7 Å². The molecule has 3 aromatic rings. The largest absolute Gasteiger partial charge is 0.382 e.